The molecule has 0 saturated carbocycles. The molecule has 0 aliphatic heterocycles. The van der Waals surface area contributed by atoms with Crippen LogP contribution in [0.2, 0.25) is 5.02 Å². The number of aromatic nitrogens is 2. The molecule has 0 aliphatic carbocycles. The minimum atomic E-state index is 0.241. The van der Waals surface area contributed by atoms with Crippen LogP contribution in [0.1, 0.15) is 29.8 Å². The Labute approximate surface area is 133 Å². The molecular formula is C15H19BrClN3. The van der Waals surface area contributed by atoms with Crippen molar-refractivity contribution >= 4 is 27.5 Å². The Bertz CT molecular complexity index is 595. The van der Waals surface area contributed by atoms with E-state index in [1.807, 2.05) is 23.9 Å². The van der Waals surface area contributed by atoms with Crippen molar-refractivity contribution < 1.29 is 0 Å². The maximum absolute atomic E-state index is 6.42. The summed E-state index contributed by atoms with van der Waals surface area (Å²) >= 11 is 9.92. The van der Waals surface area contributed by atoms with Crippen molar-refractivity contribution in [3.63, 3.8) is 0 Å². The van der Waals surface area contributed by atoms with E-state index in [1.165, 1.54) is 5.56 Å². The Hall–Kier alpha value is -0.840. The topological polar surface area (TPSA) is 43.8 Å². The normalized spacial score (nSPS) is 12.7. The molecule has 1 heterocycles. The van der Waals surface area contributed by atoms with Gasteiger partial charge < -0.3 is 5.73 Å². The number of halogens is 2. The summed E-state index contributed by atoms with van der Waals surface area (Å²) in [5.74, 6) is 0.241. The van der Waals surface area contributed by atoms with Gasteiger partial charge in [-0.1, -0.05) is 46.6 Å². The van der Waals surface area contributed by atoms with E-state index >= 15 is 0 Å². The molecule has 3 nitrogen and oxygen atoms in total. The molecule has 0 radical (unpaired) electrons. The first-order valence-electron chi connectivity index (χ1n) is 6.72. The lowest BCUT2D eigenvalue weighted by molar-refractivity contribution is 0.628. The minimum absolute atomic E-state index is 0.241. The minimum Gasteiger partial charge on any atom is -0.330 e. The number of hydrogen-bond acceptors (Lipinski definition) is 2. The highest BCUT2D eigenvalue weighted by Crippen LogP contribution is 2.28. The van der Waals surface area contributed by atoms with Crippen LogP contribution in [0.15, 0.2) is 28.7 Å². The van der Waals surface area contributed by atoms with Crippen LogP contribution in [0.3, 0.4) is 0 Å². The maximum Gasteiger partial charge on any atom is 0.0849 e. The van der Waals surface area contributed by atoms with Gasteiger partial charge in [0, 0.05) is 17.4 Å². The van der Waals surface area contributed by atoms with Crippen molar-refractivity contribution in [2.75, 3.05) is 6.54 Å². The van der Waals surface area contributed by atoms with Gasteiger partial charge in [0.05, 0.1) is 16.4 Å². The van der Waals surface area contributed by atoms with Crippen LogP contribution >= 0.6 is 27.5 Å². The lowest BCUT2D eigenvalue weighted by atomic mass is 9.94. The smallest absolute Gasteiger partial charge is 0.0849 e. The Morgan fingerprint density at radius 3 is 2.75 bits per heavy atom. The average molecular weight is 357 g/mol. The van der Waals surface area contributed by atoms with Gasteiger partial charge in [-0.05, 0) is 37.1 Å². The quantitative estimate of drug-likeness (QED) is 0.888. The molecule has 108 valence electrons. The van der Waals surface area contributed by atoms with Crippen molar-refractivity contribution in [1.82, 2.24) is 9.78 Å². The van der Waals surface area contributed by atoms with Gasteiger partial charge in [0.25, 0.3) is 0 Å². The van der Waals surface area contributed by atoms with E-state index < -0.39 is 0 Å². The van der Waals surface area contributed by atoms with E-state index in [2.05, 4.69) is 40.1 Å². The molecule has 0 saturated heterocycles. The van der Waals surface area contributed by atoms with Gasteiger partial charge >= 0.3 is 0 Å². The van der Waals surface area contributed by atoms with Gasteiger partial charge in [-0.2, -0.15) is 5.10 Å². The summed E-state index contributed by atoms with van der Waals surface area (Å²) in [5.41, 5.74) is 9.18. The molecular weight excluding hydrogens is 338 g/mol. The second-order valence-corrected chi connectivity index (χ2v) is 6.17. The van der Waals surface area contributed by atoms with Crippen molar-refractivity contribution in [3.8, 4) is 0 Å². The summed E-state index contributed by atoms with van der Waals surface area (Å²) in [5, 5.41) is 5.24. The predicted molar refractivity (Wildman–Crippen MR) is 87.2 cm³/mol. The first-order valence-corrected chi connectivity index (χ1v) is 7.89. The summed E-state index contributed by atoms with van der Waals surface area (Å²) < 4.78 is 2.95. The summed E-state index contributed by atoms with van der Waals surface area (Å²) in [4.78, 5) is 0. The zero-order valence-electron chi connectivity index (χ0n) is 11.7. The third-order valence-corrected chi connectivity index (χ3v) is 4.48. The molecule has 2 rings (SSSR count). The maximum atomic E-state index is 6.42. The number of nitrogens with zero attached hydrogens (tertiary/aromatic N) is 2. The van der Waals surface area contributed by atoms with Crippen LogP contribution < -0.4 is 5.73 Å². The van der Waals surface area contributed by atoms with E-state index in [4.69, 9.17) is 17.3 Å². The Kier molecular flexibility index (Phi) is 5.24. The summed E-state index contributed by atoms with van der Waals surface area (Å²) in [6, 6.07) is 8.27. The fourth-order valence-electron chi connectivity index (χ4n) is 2.37. The van der Waals surface area contributed by atoms with Crippen molar-refractivity contribution in [3.05, 3.63) is 50.7 Å². The first kappa shape index (κ1) is 15.5. The number of benzene rings is 1. The van der Waals surface area contributed by atoms with E-state index in [0.717, 1.165) is 33.7 Å². The predicted octanol–water partition coefficient (Wildman–Crippen LogP) is 3.68. The van der Waals surface area contributed by atoms with Crippen molar-refractivity contribution in [2.24, 2.45) is 12.8 Å². The fourth-order valence-corrected chi connectivity index (χ4v) is 3.16. The van der Waals surface area contributed by atoms with Gasteiger partial charge in [0.15, 0.2) is 0 Å². The van der Waals surface area contributed by atoms with Crippen molar-refractivity contribution in [2.45, 2.75) is 25.7 Å². The van der Waals surface area contributed by atoms with Crippen LogP contribution in [-0.2, 0) is 19.9 Å². The standard InChI is InChI=1S/C15H19BrClN3/c1-3-13-15(17)14(20(2)19-13)8-11(9-18)10-5-4-6-12(16)7-10/h4-7,11H,3,8-9,18H2,1-2H3. The van der Waals surface area contributed by atoms with E-state index in [1.54, 1.807) is 0 Å². The van der Waals surface area contributed by atoms with Crippen LogP contribution in [0.5, 0.6) is 0 Å². The van der Waals surface area contributed by atoms with Crippen LogP contribution in [0.25, 0.3) is 0 Å². The Morgan fingerprint density at radius 2 is 2.20 bits per heavy atom. The molecule has 1 aromatic heterocycles. The van der Waals surface area contributed by atoms with E-state index in [-0.39, 0.29) is 5.92 Å². The third-order valence-electron chi connectivity index (χ3n) is 3.55. The molecule has 1 atom stereocenters. The Morgan fingerprint density at radius 1 is 1.45 bits per heavy atom. The summed E-state index contributed by atoms with van der Waals surface area (Å²) in [6.45, 7) is 2.64. The van der Waals surface area contributed by atoms with Crippen molar-refractivity contribution in [1.29, 1.82) is 0 Å². The highest BCUT2D eigenvalue weighted by Gasteiger charge is 2.18. The molecule has 0 aliphatic rings. The van der Waals surface area contributed by atoms with Crippen LogP contribution in [0.4, 0.5) is 0 Å². The lowest BCUT2D eigenvalue weighted by Crippen LogP contribution is -2.16. The third kappa shape index (κ3) is 3.25. The van der Waals surface area contributed by atoms with Gasteiger partial charge in [-0.3, -0.25) is 4.68 Å². The molecule has 1 aromatic carbocycles. The zero-order chi connectivity index (χ0) is 14.7. The van der Waals surface area contributed by atoms with E-state index in [0.29, 0.717) is 6.54 Å². The van der Waals surface area contributed by atoms with Crippen LogP contribution in [0, 0.1) is 0 Å². The molecule has 2 N–H and O–H groups in total. The molecule has 0 fully saturated rings. The molecule has 2 aromatic rings. The monoisotopic (exact) mass is 355 g/mol. The van der Waals surface area contributed by atoms with E-state index in [9.17, 15) is 0 Å². The highest BCUT2D eigenvalue weighted by molar-refractivity contribution is 9.10. The van der Waals surface area contributed by atoms with Gasteiger partial charge in [0.1, 0.15) is 0 Å². The second kappa shape index (κ2) is 6.74. The highest BCUT2D eigenvalue weighted by atomic mass is 79.9. The molecule has 0 bridgehead atoms. The molecule has 0 amide bonds. The largest absolute Gasteiger partial charge is 0.330 e. The Balaban J connectivity index is 2.29. The fraction of sp³-hybridized carbons (Fsp3) is 0.400. The molecule has 5 heteroatoms. The number of nitrogens with two attached hydrogens (primary N) is 1. The van der Waals surface area contributed by atoms with Crippen LogP contribution in [-0.4, -0.2) is 16.3 Å². The lowest BCUT2D eigenvalue weighted by Gasteiger charge is -2.16. The SMILES string of the molecule is CCc1nn(C)c(CC(CN)c2cccc(Br)c2)c1Cl. The summed E-state index contributed by atoms with van der Waals surface area (Å²) in [6.07, 6.45) is 1.64. The van der Waals surface area contributed by atoms with Gasteiger partial charge in [-0.15, -0.1) is 0 Å². The number of rotatable bonds is 5. The average Bonchev–Trinajstić information content (AvgIpc) is 2.71. The second-order valence-electron chi connectivity index (χ2n) is 4.88. The summed E-state index contributed by atoms with van der Waals surface area (Å²) in [7, 11) is 1.94. The number of hydrogen-bond donors (Lipinski definition) is 1. The van der Waals surface area contributed by atoms with Gasteiger partial charge in [-0.25, -0.2) is 0 Å². The molecule has 1 unspecified atom stereocenters. The molecule has 0 spiro atoms. The zero-order valence-corrected chi connectivity index (χ0v) is 14.1. The molecule has 20 heavy (non-hydrogen) atoms. The first-order chi connectivity index (χ1) is 9.56. The number of aryl methyl sites for hydroxylation is 2. The van der Waals surface area contributed by atoms with Gasteiger partial charge in [0.2, 0.25) is 0 Å².